The number of halogens is 2. The quantitative estimate of drug-likeness (QED) is 0.681. The summed E-state index contributed by atoms with van der Waals surface area (Å²) >= 11 is 7.56. The summed E-state index contributed by atoms with van der Waals surface area (Å²) in [6.45, 7) is 0. The summed E-state index contributed by atoms with van der Waals surface area (Å²) in [6, 6.07) is 6.81. The van der Waals surface area contributed by atoms with Crippen LogP contribution >= 0.6 is 23.4 Å². The van der Waals surface area contributed by atoms with Gasteiger partial charge < -0.3 is 5.73 Å². The summed E-state index contributed by atoms with van der Waals surface area (Å²) in [5.74, 6) is 0.292. The van der Waals surface area contributed by atoms with Gasteiger partial charge >= 0.3 is 0 Å². The highest BCUT2D eigenvalue weighted by Crippen LogP contribution is 2.30. The maximum atomic E-state index is 12.9. The number of pyridine rings is 1. The smallest absolute Gasteiger partial charge is 0.141 e. The van der Waals surface area contributed by atoms with Crippen LogP contribution in [0.4, 0.5) is 10.1 Å². The van der Waals surface area contributed by atoms with Gasteiger partial charge in [0.25, 0.3) is 0 Å². The average Bonchev–Trinajstić information content (AvgIpc) is 2.28. The zero-order chi connectivity index (χ0) is 12.3. The second kappa shape index (κ2) is 5.38. The van der Waals surface area contributed by atoms with Gasteiger partial charge in [-0.2, -0.15) is 0 Å². The van der Waals surface area contributed by atoms with Crippen LogP contribution in [0.5, 0.6) is 0 Å². The van der Waals surface area contributed by atoms with Crippen LogP contribution in [0, 0.1) is 5.82 Å². The fourth-order valence-corrected chi connectivity index (χ4v) is 2.52. The van der Waals surface area contributed by atoms with Gasteiger partial charge in [0.05, 0.1) is 11.2 Å². The molecule has 0 aliphatic rings. The van der Waals surface area contributed by atoms with E-state index in [1.54, 1.807) is 18.3 Å². The molecule has 17 heavy (non-hydrogen) atoms. The van der Waals surface area contributed by atoms with Crippen LogP contribution in [0.3, 0.4) is 0 Å². The SMILES string of the molecule is Nc1ccc(SCc2cncc(F)c2)c(Cl)c1. The Morgan fingerprint density at radius 3 is 2.82 bits per heavy atom. The molecule has 2 N–H and O–H groups in total. The number of hydrogen-bond donors (Lipinski definition) is 1. The molecule has 0 saturated heterocycles. The molecule has 88 valence electrons. The van der Waals surface area contributed by atoms with Crippen LogP contribution in [0.1, 0.15) is 5.56 Å². The number of nitrogen functional groups attached to an aromatic ring is 1. The number of anilines is 1. The average molecular weight is 269 g/mol. The van der Waals surface area contributed by atoms with Crippen LogP contribution in [-0.2, 0) is 5.75 Å². The lowest BCUT2D eigenvalue weighted by atomic mass is 10.3. The Bertz CT molecular complexity index is 534. The Kier molecular flexibility index (Phi) is 3.86. The second-order valence-corrected chi connectivity index (χ2v) is 4.91. The van der Waals surface area contributed by atoms with Crippen molar-refractivity contribution in [2.45, 2.75) is 10.6 Å². The Labute approximate surface area is 108 Å². The van der Waals surface area contributed by atoms with Crippen molar-refractivity contribution in [3.05, 3.63) is 53.1 Å². The van der Waals surface area contributed by atoms with Crippen molar-refractivity contribution in [3.8, 4) is 0 Å². The first-order chi connectivity index (χ1) is 8.15. The highest BCUT2D eigenvalue weighted by atomic mass is 35.5. The summed E-state index contributed by atoms with van der Waals surface area (Å²) in [4.78, 5) is 4.71. The molecule has 2 nitrogen and oxygen atoms in total. The second-order valence-electron chi connectivity index (χ2n) is 3.49. The van der Waals surface area contributed by atoms with Gasteiger partial charge in [-0.05, 0) is 29.8 Å². The predicted molar refractivity (Wildman–Crippen MR) is 69.6 cm³/mol. The topological polar surface area (TPSA) is 38.9 Å². The lowest BCUT2D eigenvalue weighted by Crippen LogP contribution is -1.87. The van der Waals surface area contributed by atoms with Crippen molar-refractivity contribution in [2.75, 3.05) is 5.73 Å². The predicted octanol–water partition coefficient (Wildman–Crippen LogP) is 3.75. The zero-order valence-corrected chi connectivity index (χ0v) is 10.4. The molecule has 2 aromatic rings. The molecule has 0 atom stereocenters. The van der Waals surface area contributed by atoms with E-state index in [4.69, 9.17) is 17.3 Å². The largest absolute Gasteiger partial charge is 0.399 e. The Morgan fingerprint density at radius 2 is 2.12 bits per heavy atom. The molecule has 0 saturated carbocycles. The van der Waals surface area contributed by atoms with Gasteiger partial charge in [-0.25, -0.2) is 4.39 Å². The minimum Gasteiger partial charge on any atom is -0.399 e. The molecular weight excluding hydrogens is 259 g/mol. The van der Waals surface area contributed by atoms with Gasteiger partial charge in [-0.3, -0.25) is 4.98 Å². The fraction of sp³-hybridized carbons (Fsp3) is 0.0833. The van der Waals surface area contributed by atoms with Crippen LogP contribution in [-0.4, -0.2) is 4.98 Å². The van der Waals surface area contributed by atoms with Gasteiger partial charge in [0.1, 0.15) is 5.82 Å². The maximum absolute atomic E-state index is 12.9. The zero-order valence-electron chi connectivity index (χ0n) is 8.86. The van der Waals surface area contributed by atoms with Gasteiger partial charge in [-0.15, -0.1) is 11.8 Å². The number of hydrogen-bond acceptors (Lipinski definition) is 3. The Hall–Kier alpha value is -1.26. The van der Waals surface area contributed by atoms with E-state index in [9.17, 15) is 4.39 Å². The molecule has 1 aromatic heterocycles. The van der Waals surface area contributed by atoms with E-state index in [1.165, 1.54) is 24.0 Å². The van der Waals surface area contributed by atoms with E-state index in [0.29, 0.717) is 16.5 Å². The molecule has 0 unspecified atom stereocenters. The van der Waals surface area contributed by atoms with E-state index in [-0.39, 0.29) is 5.82 Å². The molecule has 1 heterocycles. The molecule has 5 heteroatoms. The first kappa shape index (κ1) is 12.2. The first-order valence-electron chi connectivity index (χ1n) is 4.92. The third-order valence-electron chi connectivity index (χ3n) is 2.11. The number of nitrogens with zero attached hydrogens (tertiary/aromatic N) is 1. The van der Waals surface area contributed by atoms with Crippen molar-refractivity contribution >= 4 is 29.1 Å². The molecule has 0 fully saturated rings. The van der Waals surface area contributed by atoms with Crippen molar-refractivity contribution in [3.63, 3.8) is 0 Å². The number of rotatable bonds is 3. The molecular formula is C12H10ClFN2S. The number of thioether (sulfide) groups is 1. The van der Waals surface area contributed by atoms with Crippen molar-refractivity contribution in [1.82, 2.24) is 4.98 Å². The highest BCUT2D eigenvalue weighted by molar-refractivity contribution is 7.98. The maximum Gasteiger partial charge on any atom is 0.141 e. The first-order valence-corrected chi connectivity index (χ1v) is 6.29. The lowest BCUT2D eigenvalue weighted by Gasteiger charge is -2.05. The van der Waals surface area contributed by atoms with E-state index in [2.05, 4.69) is 4.98 Å². The summed E-state index contributed by atoms with van der Waals surface area (Å²) in [6.07, 6.45) is 2.83. The Morgan fingerprint density at radius 1 is 1.29 bits per heavy atom. The van der Waals surface area contributed by atoms with Crippen molar-refractivity contribution in [1.29, 1.82) is 0 Å². The summed E-state index contributed by atoms with van der Waals surface area (Å²) in [5.41, 5.74) is 7.05. The lowest BCUT2D eigenvalue weighted by molar-refractivity contribution is 0.619. The molecule has 0 aliphatic carbocycles. The van der Waals surface area contributed by atoms with Crippen LogP contribution in [0.25, 0.3) is 0 Å². The Balaban J connectivity index is 2.07. The molecule has 0 spiro atoms. The van der Waals surface area contributed by atoms with E-state index < -0.39 is 0 Å². The third-order valence-corrected chi connectivity index (χ3v) is 3.68. The fourth-order valence-electron chi connectivity index (χ4n) is 1.33. The van der Waals surface area contributed by atoms with Gasteiger partial charge in [0.15, 0.2) is 0 Å². The number of benzene rings is 1. The van der Waals surface area contributed by atoms with Crippen molar-refractivity contribution in [2.24, 2.45) is 0 Å². The van der Waals surface area contributed by atoms with Crippen LogP contribution in [0.2, 0.25) is 5.02 Å². The van der Waals surface area contributed by atoms with E-state index >= 15 is 0 Å². The monoisotopic (exact) mass is 268 g/mol. The molecule has 0 aliphatic heterocycles. The summed E-state index contributed by atoms with van der Waals surface area (Å²) in [5, 5.41) is 0.611. The normalized spacial score (nSPS) is 10.5. The number of nitrogens with two attached hydrogens (primary N) is 1. The third kappa shape index (κ3) is 3.35. The molecule has 2 rings (SSSR count). The summed E-state index contributed by atoms with van der Waals surface area (Å²) in [7, 11) is 0. The molecule has 0 radical (unpaired) electrons. The minimum absolute atomic E-state index is 0.327. The molecule has 0 amide bonds. The van der Waals surface area contributed by atoms with Gasteiger partial charge in [-0.1, -0.05) is 11.6 Å². The van der Waals surface area contributed by atoms with Crippen LogP contribution < -0.4 is 5.73 Å². The standard InChI is InChI=1S/C12H10ClFN2S/c13-11-4-10(15)1-2-12(11)17-7-8-3-9(14)6-16-5-8/h1-6H,7,15H2. The number of aromatic nitrogens is 1. The highest BCUT2D eigenvalue weighted by Gasteiger charge is 2.03. The van der Waals surface area contributed by atoms with E-state index in [1.807, 2.05) is 6.07 Å². The van der Waals surface area contributed by atoms with E-state index in [0.717, 1.165) is 10.5 Å². The minimum atomic E-state index is -0.327. The van der Waals surface area contributed by atoms with Gasteiger partial charge in [0.2, 0.25) is 0 Å². The van der Waals surface area contributed by atoms with Crippen molar-refractivity contribution < 1.29 is 4.39 Å². The summed E-state index contributed by atoms with van der Waals surface area (Å²) < 4.78 is 12.9. The molecule has 0 bridgehead atoms. The molecule has 1 aromatic carbocycles. The van der Waals surface area contributed by atoms with Gasteiger partial charge in [0, 0.05) is 22.5 Å². The van der Waals surface area contributed by atoms with Crippen LogP contribution in [0.15, 0.2) is 41.6 Å².